The predicted molar refractivity (Wildman–Crippen MR) is 163 cm³/mol. The number of nitrogens with zero attached hydrogens (tertiary/aromatic N) is 1. The molecule has 0 unspecified atom stereocenters. The van der Waals surface area contributed by atoms with Crippen molar-refractivity contribution >= 4 is 5.97 Å². The first-order valence-corrected chi connectivity index (χ1v) is 14.7. The van der Waals surface area contributed by atoms with Crippen molar-refractivity contribution in [1.82, 2.24) is 10.2 Å². The molecule has 214 valence electrons. The van der Waals surface area contributed by atoms with E-state index in [0.717, 1.165) is 36.9 Å². The Bertz CT molecular complexity index is 1210. The number of likely N-dealkylation sites (N-methyl/N-ethyl adjacent to an activating group) is 1. The zero-order valence-corrected chi connectivity index (χ0v) is 24.7. The number of aliphatic hydroxyl groups excluding tert-OH is 1. The number of carbonyl (C=O) groups is 1. The first-order chi connectivity index (χ1) is 19.2. The highest BCUT2D eigenvalue weighted by molar-refractivity contribution is 5.70. The average molecular weight is 543 g/mol. The molecule has 1 aliphatic rings. The standard InChI is InChI=1S/C35H46N2O3/c1-5-40-34(39)18-15-26-13-16-29(17-14-26)30-12-8-9-27(19-30)24-37(4)25-33(38)23-36-35(2,3)22-28-20-31-10-6-7-11-32(31)21-28/h6-14,16-17,19,28,33,36,38H,5,15,18,20-25H2,1-4H3/t33-/m1/s1. The van der Waals surface area contributed by atoms with Gasteiger partial charge in [-0.1, -0.05) is 66.7 Å². The Kier molecular flexibility index (Phi) is 10.5. The van der Waals surface area contributed by atoms with Crippen LogP contribution in [0, 0.1) is 5.92 Å². The number of nitrogens with one attached hydrogen (secondary N) is 1. The lowest BCUT2D eigenvalue weighted by molar-refractivity contribution is -0.143. The molecule has 5 nitrogen and oxygen atoms in total. The topological polar surface area (TPSA) is 61.8 Å². The summed E-state index contributed by atoms with van der Waals surface area (Å²) in [7, 11) is 2.06. The highest BCUT2D eigenvalue weighted by Crippen LogP contribution is 2.32. The second-order valence-corrected chi connectivity index (χ2v) is 12.1. The molecule has 3 aromatic rings. The van der Waals surface area contributed by atoms with Gasteiger partial charge in [0.1, 0.15) is 0 Å². The van der Waals surface area contributed by atoms with Crippen LogP contribution in [-0.2, 0) is 35.3 Å². The smallest absolute Gasteiger partial charge is 0.306 e. The summed E-state index contributed by atoms with van der Waals surface area (Å²) in [5.74, 6) is 0.510. The quantitative estimate of drug-likeness (QED) is 0.252. The van der Waals surface area contributed by atoms with Gasteiger partial charge in [-0.25, -0.2) is 0 Å². The van der Waals surface area contributed by atoms with E-state index in [4.69, 9.17) is 4.74 Å². The molecule has 0 fully saturated rings. The van der Waals surface area contributed by atoms with E-state index < -0.39 is 6.10 Å². The summed E-state index contributed by atoms with van der Waals surface area (Å²) in [6.07, 6.45) is 4.08. The molecule has 3 aromatic carbocycles. The maximum atomic E-state index is 11.6. The van der Waals surface area contributed by atoms with Crippen molar-refractivity contribution in [3.05, 3.63) is 95.1 Å². The van der Waals surface area contributed by atoms with E-state index in [1.54, 1.807) is 0 Å². The minimum atomic E-state index is -0.435. The molecule has 40 heavy (non-hydrogen) atoms. The van der Waals surface area contributed by atoms with Gasteiger partial charge in [-0.3, -0.25) is 9.69 Å². The van der Waals surface area contributed by atoms with Crippen LogP contribution in [0.2, 0.25) is 0 Å². The molecule has 0 heterocycles. The molecule has 0 aromatic heterocycles. The minimum Gasteiger partial charge on any atom is -0.466 e. The van der Waals surface area contributed by atoms with Crippen molar-refractivity contribution in [2.24, 2.45) is 5.92 Å². The Hall–Kier alpha value is -2.99. The summed E-state index contributed by atoms with van der Waals surface area (Å²) in [4.78, 5) is 13.8. The molecule has 0 aliphatic heterocycles. The molecule has 5 heteroatoms. The third-order valence-electron chi connectivity index (χ3n) is 7.86. The molecule has 0 radical (unpaired) electrons. The molecule has 1 atom stereocenters. The van der Waals surface area contributed by atoms with Crippen LogP contribution in [0.4, 0.5) is 0 Å². The van der Waals surface area contributed by atoms with Crippen LogP contribution in [0.15, 0.2) is 72.8 Å². The molecule has 0 amide bonds. The van der Waals surface area contributed by atoms with Gasteiger partial charge in [-0.15, -0.1) is 0 Å². The SMILES string of the molecule is CCOC(=O)CCc1ccc(-c2cccc(CN(C)C[C@H](O)CNC(C)(C)CC3Cc4ccccc4C3)c2)cc1. The van der Waals surface area contributed by atoms with Gasteiger partial charge in [0.05, 0.1) is 12.7 Å². The van der Waals surface area contributed by atoms with Crippen molar-refractivity contribution in [2.75, 3.05) is 26.7 Å². The summed E-state index contributed by atoms with van der Waals surface area (Å²) in [5.41, 5.74) is 7.64. The number of fused-ring (bicyclic) bond motifs is 1. The Labute approximate surface area is 240 Å². The molecular weight excluding hydrogens is 496 g/mol. The van der Waals surface area contributed by atoms with Crippen LogP contribution in [0.1, 0.15) is 55.9 Å². The number of aliphatic hydroxyl groups is 1. The normalized spacial score (nSPS) is 14.3. The fourth-order valence-electron chi connectivity index (χ4n) is 5.98. The van der Waals surface area contributed by atoms with Crippen LogP contribution in [0.5, 0.6) is 0 Å². The number of ether oxygens (including phenoxy) is 1. The van der Waals surface area contributed by atoms with E-state index in [1.807, 2.05) is 6.92 Å². The van der Waals surface area contributed by atoms with E-state index in [0.29, 0.717) is 38.5 Å². The van der Waals surface area contributed by atoms with Gasteiger partial charge in [0, 0.05) is 31.6 Å². The molecule has 0 saturated heterocycles. The fraction of sp³-hybridized carbons (Fsp3) is 0.457. The molecule has 0 bridgehead atoms. The van der Waals surface area contributed by atoms with Crippen molar-refractivity contribution in [2.45, 2.75) is 71.1 Å². The first kappa shape index (κ1) is 30.0. The maximum Gasteiger partial charge on any atom is 0.306 e. The van der Waals surface area contributed by atoms with Gasteiger partial charge >= 0.3 is 5.97 Å². The highest BCUT2D eigenvalue weighted by Gasteiger charge is 2.28. The van der Waals surface area contributed by atoms with Crippen molar-refractivity contribution < 1.29 is 14.6 Å². The summed E-state index contributed by atoms with van der Waals surface area (Å²) in [6, 6.07) is 25.8. The van der Waals surface area contributed by atoms with Gasteiger partial charge < -0.3 is 15.2 Å². The summed E-state index contributed by atoms with van der Waals surface area (Å²) in [5, 5.41) is 14.4. The largest absolute Gasteiger partial charge is 0.466 e. The number of hydrogen-bond donors (Lipinski definition) is 2. The second kappa shape index (κ2) is 14.1. The molecule has 0 saturated carbocycles. The van der Waals surface area contributed by atoms with Crippen molar-refractivity contribution in [3.63, 3.8) is 0 Å². The van der Waals surface area contributed by atoms with E-state index in [1.165, 1.54) is 22.3 Å². The number of β-amino-alcohol motifs (C(OH)–C–C–N with tert-alkyl or cyclic N) is 1. The third kappa shape index (κ3) is 9.02. The number of aryl methyl sites for hydroxylation is 1. The third-order valence-corrected chi connectivity index (χ3v) is 7.86. The van der Waals surface area contributed by atoms with E-state index >= 15 is 0 Å². The Balaban J connectivity index is 1.22. The molecule has 4 rings (SSSR count). The summed E-state index contributed by atoms with van der Waals surface area (Å²) in [6.45, 7) is 8.73. The Morgan fingerprint density at radius 2 is 1.70 bits per heavy atom. The Morgan fingerprint density at radius 3 is 2.38 bits per heavy atom. The minimum absolute atomic E-state index is 0.0189. The van der Waals surface area contributed by atoms with Gasteiger partial charge in [0.2, 0.25) is 0 Å². The van der Waals surface area contributed by atoms with Crippen LogP contribution >= 0.6 is 0 Å². The van der Waals surface area contributed by atoms with Gasteiger partial charge in [0.25, 0.3) is 0 Å². The van der Waals surface area contributed by atoms with Crippen LogP contribution in [-0.4, -0.2) is 54.4 Å². The highest BCUT2D eigenvalue weighted by atomic mass is 16.5. The number of carbonyl (C=O) groups excluding carboxylic acids is 1. The van der Waals surface area contributed by atoms with Crippen LogP contribution in [0.3, 0.4) is 0 Å². The predicted octanol–water partition coefficient (Wildman–Crippen LogP) is 5.82. The lowest BCUT2D eigenvalue weighted by Gasteiger charge is -2.31. The zero-order valence-electron chi connectivity index (χ0n) is 24.7. The van der Waals surface area contributed by atoms with E-state index in [-0.39, 0.29) is 11.5 Å². The number of esters is 1. The van der Waals surface area contributed by atoms with Gasteiger partial charge in [-0.2, -0.15) is 0 Å². The van der Waals surface area contributed by atoms with Gasteiger partial charge in [0.15, 0.2) is 0 Å². The Morgan fingerprint density at radius 1 is 1.00 bits per heavy atom. The lowest BCUT2D eigenvalue weighted by atomic mass is 9.88. The lowest BCUT2D eigenvalue weighted by Crippen LogP contribution is -2.47. The monoisotopic (exact) mass is 542 g/mol. The summed E-state index contributed by atoms with van der Waals surface area (Å²) < 4.78 is 5.03. The van der Waals surface area contributed by atoms with Crippen molar-refractivity contribution in [3.8, 4) is 11.1 Å². The zero-order chi connectivity index (χ0) is 28.5. The van der Waals surface area contributed by atoms with Crippen LogP contribution in [0.25, 0.3) is 11.1 Å². The second-order valence-electron chi connectivity index (χ2n) is 12.1. The maximum absolute atomic E-state index is 11.6. The number of benzene rings is 3. The van der Waals surface area contributed by atoms with Gasteiger partial charge in [-0.05, 0) is 98.9 Å². The fourth-order valence-corrected chi connectivity index (χ4v) is 5.98. The van der Waals surface area contributed by atoms with Crippen molar-refractivity contribution in [1.29, 1.82) is 0 Å². The van der Waals surface area contributed by atoms with E-state index in [9.17, 15) is 9.90 Å². The van der Waals surface area contributed by atoms with E-state index in [2.05, 4.69) is 104 Å². The molecule has 0 spiro atoms. The number of rotatable bonds is 14. The van der Waals surface area contributed by atoms with Crippen LogP contribution < -0.4 is 5.32 Å². The average Bonchev–Trinajstić information content (AvgIpc) is 3.33. The first-order valence-electron chi connectivity index (χ1n) is 14.7. The molecule has 2 N–H and O–H groups in total. The summed E-state index contributed by atoms with van der Waals surface area (Å²) >= 11 is 0. The number of hydrogen-bond acceptors (Lipinski definition) is 5. The molecular formula is C35H46N2O3. The molecule has 1 aliphatic carbocycles.